The average molecular weight is 271 g/mol. The fourth-order valence-electron chi connectivity index (χ4n) is 1.99. The van der Waals surface area contributed by atoms with Crippen molar-refractivity contribution in [2.75, 3.05) is 12.8 Å². The van der Waals surface area contributed by atoms with E-state index in [2.05, 4.69) is 19.9 Å². The second kappa shape index (κ2) is 4.69. The lowest BCUT2D eigenvalue weighted by molar-refractivity contribution is 0.414. The van der Waals surface area contributed by atoms with E-state index in [0.717, 1.165) is 11.3 Å². The summed E-state index contributed by atoms with van der Waals surface area (Å²) < 4.78 is 5.10. The zero-order valence-corrected chi connectivity index (χ0v) is 10.8. The molecule has 0 bridgehead atoms. The van der Waals surface area contributed by atoms with Crippen molar-refractivity contribution >= 4 is 17.1 Å². The zero-order chi connectivity index (χ0) is 14.1. The van der Waals surface area contributed by atoms with Gasteiger partial charge in [-0.1, -0.05) is 12.1 Å². The molecule has 1 aromatic carbocycles. The van der Waals surface area contributed by atoms with Gasteiger partial charge in [-0.05, 0) is 17.7 Å². The Hall–Kier alpha value is -2.83. The van der Waals surface area contributed by atoms with Crippen LogP contribution >= 0.6 is 0 Å². The Morgan fingerprint density at radius 2 is 1.95 bits per heavy atom. The molecule has 0 spiro atoms. The number of aromatic nitrogens is 4. The molecule has 20 heavy (non-hydrogen) atoms. The van der Waals surface area contributed by atoms with Gasteiger partial charge in [0.25, 0.3) is 5.56 Å². The number of aromatic amines is 2. The number of nitrogen functional groups attached to an aromatic ring is 1. The summed E-state index contributed by atoms with van der Waals surface area (Å²) in [4.78, 5) is 25.3. The number of H-pyrrole nitrogens is 2. The van der Waals surface area contributed by atoms with Crippen LogP contribution < -0.4 is 16.0 Å². The minimum Gasteiger partial charge on any atom is -0.497 e. The molecule has 0 atom stereocenters. The molecule has 7 nitrogen and oxygen atoms in total. The number of hydrogen-bond donors (Lipinski definition) is 3. The number of ether oxygens (including phenoxy) is 1. The first-order valence-corrected chi connectivity index (χ1v) is 6.03. The Bertz CT molecular complexity index is 804. The average Bonchev–Trinajstić information content (AvgIpc) is 2.82. The third-order valence-corrected chi connectivity index (χ3v) is 2.96. The lowest BCUT2D eigenvalue weighted by atomic mass is 10.1. The van der Waals surface area contributed by atoms with Gasteiger partial charge in [0.05, 0.1) is 7.11 Å². The van der Waals surface area contributed by atoms with Gasteiger partial charge in [-0.15, -0.1) is 0 Å². The molecule has 0 saturated heterocycles. The molecule has 0 saturated carbocycles. The van der Waals surface area contributed by atoms with Crippen LogP contribution in [0.15, 0.2) is 29.1 Å². The van der Waals surface area contributed by atoms with E-state index in [4.69, 9.17) is 10.5 Å². The van der Waals surface area contributed by atoms with Crippen LogP contribution in [-0.4, -0.2) is 27.0 Å². The number of methoxy groups -OCH3 is 1. The van der Waals surface area contributed by atoms with Crippen LogP contribution in [0, 0.1) is 0 Å². The summed E-state index contributed by atoms with van der Waals surface area (Å²) in [6, 6.07) is 7.64. The SMILES string of the molecule is COc1ccc(Cc2nc3nc(N)[nH]c(=O)c3[nH]2)cc1. The van der Waals surface area contributed by atoms with Crippen molar-refractivity contribution in [2.24, 2.45) is 0 Å². The van der Waals surface area contributed by atoms with E-state index in [1.165, 1.54) is 0 Å². The molecule has 0 aliphatic rings. The third kappa shape index (κ3) is 2.20. The van der Waals surface area contributed by atoms with Crippen molar-refractivity contribution in [3.63, 3.8) is 0 Å². The van der Waals surface area contributed by atoms with Crippen LogP contribution in [0.1, 0.15) is 11.4 Å². The number of hydrogen-bond acceptors (Lipinski definition) is 5. The number of nitrogens with zero attached hydrogens (tertiary/aromatic N) is 2. The summed E-state index contributed by atoms with van der Waals surface area (Å²) in [6.07, 6.45) is 0.569. The maximum Gasteiger partial charge on any atom is 0.278 e. The number of rotatable bonds is 3. The number of nitrogens with two attached hydrogens (primary N) is 1. The van der Waals surface area contributed by atoms with Gasteiger partial charge in [-0.25, -0.2) is 4.98 Å². The predicted molar refractivity (Wildman–Crippen MR) is 74.7 cm³/mol. The normalized spacial score (nSPS) is 10.8. The predicted octanol–water partition coefficient (Wildman–Crippen LogP) is 0.828. The highest BCUT2D eigenvalue weighted by Crippen LogP contribution is 2.14. The Morgan fingerprint density at radius 3 is 2.65 bits per heavy atom. The molecule has 4 N–H and O–H groups in total. The van der Waals surface area contributed by atoms with Crippen molar-refractivity contribution in [3.8, 4) is 5.75 Å². The van der Waals surface area contributed by atoms with Crippen LogP contribution in [-0.2, 0) is 6.42 Å². The Morgan fingerprint density at radius 1 is 1.20 bits per heavy atom. The van der Waals surface area contributed by atoms with Gasteiger partial charge in [0, 0.05) is 6.42 Å². The molecule has 0 fully saturated rings. The van der Waals surface area contributed by atoms with E-state index in [0.29, 0.717) is 23.4 Å². The second-order valence-electron chi connectivity index (χ2n) is 4.36. The maximum atomic E-state index is 11.7. The van der Waals surface area contributed by atoms with Gasteiger partial charge in [0.15, 0.2) is 11.2 Å². The highest BCUT2D eigenvalue weighted by Gasteiger charge is 2.09. The standard InChI is InChI=1S/C13H13N5O2/c1-20-8-4-2-7(3-5-8)6-9-15-10-11(16-9)17-13(14)18-12(10)19/h2-5H,6H2,1H3,(H4,14,15,16,17,18,19). The van der Waals surface area contributed by atoms with E-state index >= 15 is 0 Å². The molecule has 0 amide bonds. The van der Waals surface area contributed by atoms with Crippen LogP contribution in [0.25, 0.3) is 11.2 Å². The number of nitrogens with one attached hydrogen (secondary N) is 2. The molecule has 0 aliphatic heterocycles. The van der Waals surface area contributed by atoms with E-state index in [1.807, 2.05) is 24.3 Å². The van der Waals surface area contributed by atoms with Gasteiger partial charge in [0.2, 0.25) is 5.95 Å². The fraction of sp³-hybridized carbons (Fsp3) is 0.154. The molecule has 3 rings (SSSR count). The van der Waals surface area contributed by atoms with Crippen molar-refractivity contribution in [1.82, 2.24) is 19.9 Å². The molecule has 0 radical (unpaired) electrons. The fourth-order valence-corrected chi connectivity index (χ4v) is 1.99. The van der Waals surface area contributed by atoms with Gasteiger partial charge in [-0.2, -0.15) is 4.98 Å². The van der Waals surface area contributed by atoms with Gasteiger partial charge < -0.3 is 15.5 Å². The quantitative estimate of drug-likeness (QED) is 0.653. The Balaban J connectivity index is 1.94. The van der Waals surface area contributed by atoms with Crippen LogP contribution in [0.3, 0.4) is 0 Å². The first-order valence-electron chi connectivity index (χ1n) is 6.03. The number of fused-ring (bicyclic) bond motifs is 1. The summed E-state index contributed by atoms with van der Waals surface area (Å²) in [7, 11) is 1.62. The summed E-state index contributed by atoms with van der Waals surface area (Å²) in [5.41, 5.74) is 6.88. The van der Waals surface area contributed by atoms with Crippen molar-refractivity contribution in [1.29, 1.82) is 0 Å². The molecular weight excluding hydrogens is 258 g/mol. The molecular formula is C13H13N5O2. The summed E-state index contributed by atoms with van der Waals surface area (Å²) in [5, 5.41) is 0. The van der Waals surface area contributed by atoms with Crippen molar-refractivity contribution in [2.45, 2.75) is 6.42 Å². The molecule has 3 aromatic rings. The minimum absolute atomic E-state index is 0.0602. The summed E-state index contributed by atoms with van der Waals surface area (Å²) >= 11 is 0. The molecule has 2 heterocycles. The van der Waals surface area contributed by atoms with Gasteiger partial charge in [-0.3, -0.25) is 9.78 Å². The molecule has 2 aromatic heterocycles. The summed E-state index contributed by atoms with van der Waals surface area (Å²) in [5.74, 6) is 1.52. The van der Waals surface area contributed by atoms with E-state index < -0.39 is 0 Å². The van der Waals surface area contributed by atoms with E-state index in [9.17, 15) is 4.79 Å². The molecule has 0 aliphatic carbocycles. The minimum atomic E-state index is -0.319. The monoisotopic (exact) mass is 271 g/mol. The van der Waals surface area contributed by atoms with Gasteiger partial charge >= 0.3 is 0 Å². The smallest absolute Gasteiger partial charge is 0.278 e. The number of imidazole rings is 1. The Labute approximate surface area is 113 Å². The Kier molecular flexibility index (Phi) is 2.86. The molecule has 102 valence electrons. The maximum absolute atomic E-state index is 11.7. The molecule has 7 heteroatoms. The van der Waals surface area contributed by atoms with Crippen molar-refractivity contribution < 1.29 is 4.74 Å². The van der Waals surface area contributed by atoms with Crippen LogP contribution in [0.4, 0.5) is 5.95 Å². The lowest BCUT2D eigenvalue weighted by Gasteiger charge is -2.01. The highest BCUT2D eigenvalue weighted by molar-refractivity contribution is 5.70. The van der Waals surface area contributed by atoms with E-state index in [-0.39, 0.29) is 11.5 Å². The van der Waals surface area contributed by atoms with E-state index in [1.54, 1.807) is 7.11 Å². The first kappa shape index (κ1) is 12.2. The topological polar surface area (TPSA) is 110 Å². The number of anilines is 1. The zero-order valence-electron chi connectivity index (χ0n) is 10.8. The second-order valence-corrected chi connectivity index (χ2v) is 4.36. The first-order chi connectivity index (χ1) is 9.65. The van der Waals surface area contributed by atoms with Gasteiger partial charge in [0.1, 0.15) is 11.6 Å². The largest absolute Gasteiger partial charge is 0.497 e. The van der Waals surface area contributed by atoms with Crippen LogP contribution in [0.2, 0.25) is 0 Å². The van der Waals surface area contributed by atoms with Crippen LogP contribution in [0.5, 0.6) is 5.75 Å². The number of benzene rings is 1. The third-order valence-electron chi connectivity index (χ3n) is 2.96. The summed E-state index contributed by atoms with van der Waals surface area (Å²) in [6.45, 7) is 0. The lowest BCUT2D eigenvalue weighted by Crippen LogP contribution is -2.10. The van der Waals surface area contributed by atoms with Crippen molar-refractivity contribution in [3.05, 3.63) is 46.0 Å². The highest BCUT2D eigenvalue weighted by atomic mass is 16.5. The molecule has 0 unspecified atom stereocenters.